The maximum absolute atomic E-state index is 11.6. The molecule has 0 saturated heterocycles. The molecule has 2 aromatic carbocycles. The Morgan fingerprint density at radius 2 is 1.89 bits per heavy atom. The van der Waals surface area contributed by atoms with Crippen molar-refractivity contribution in [2.24, 2.45) is 5.73 Å². The smallest absolute Gasteiger partial charge is 0.335 e. The Labute approximate surface area is 166 Å². The number of pyridine rings is 1. The Morgan fingerprint density at radius 3 is 2.54 bits per heavy atom. The number of nitrogens with zero attached hydrogens (tertiary/aromatic N) is 1. The van der Waals surface area contributed by atoms with E-state index in [4.69, 9.17) is 5.73 Å². The fraction of sp³-hybridized carbons (Fsp3) is 0.0952. The summed E-state index contributed by atoms with van der Waals surface area (Å²) in [6.45, 7) is 2.01. The van der Waals surface area contributed by atoms with Crippen molar-refractivity contribution in [3.8, 4) is 11.3 Å². The zero-order chi connectivity index (χ0) is 20.1. The van der Waals surface area contributed by atoms with Crippen LogP contribution in [0.5, 0.6) is 0 Å². The van der Waals surface area contributed by atoms with Gasteiger partial charge in [0.1, 0.15) is 0 Å². The number of aromatic carboxylic acids is 1. The normalized spacial score (nSPS) is 10.5. The summed E-state index contributed by atoms with van der Waals surface area (Å²) < 4.78 is 3.24. The van der Waals surface area contributed by atoms with Crippen molar-refractivity contribution in [2.75, 3.05) is 4.72 Å². The molecular weight excluding hydrogens is 374 g/mol. The number of carbonyl (C=O) groups excluding carboxylic acids is 1. The van der Waals surface area contributed by atoms with Crippen molar-refractivity contribution in [2.45, 2.75) is 18.2 Å². The molecule has 0 spiro atoms. The maximum atomic E-state index is 11.6. The predicted molar refractivity (Wildman–Crippen MR) is 110 cm³/mol. The summed E-state index contributed by atoms with van der Waals surface area (Å²) in [7, 11) is 0. The van der Waals surface area contributed by atoms with Crippen molar-refractivity contribution < 1.29 is 14.7 Å². The van der Waals surface area contributed by atoms with Crippen molar-refractivity contribution >= 4 is 29.5 Å². The van der Waals surface area contributed by atoms with Crippen LogP contribution in [-0.4, -0.2) is 22.0 Å². The molecule has 1 amide bonds. The number of amides is 1. The summed E-state index contributed by atoms with van der Waals surface area (Å²) in [6, 6.07) is 15.7. The lowest BCUT2D eigenvalue weighted by Gasteiger charge is -2.14. The molecule has 7 heteroatoms. The second-order valence-corrected chi connectivity index (χ2v) is 6.87. The lowest BCUT2D eigenvalue weighted by molar-refractivity contribution is 0.0696. The highest BCUT2D eigenvalue weighted by atomic mass is 32.2. The lowest BCUT2D eigenvalue weighted by Crippen LogP contribution is -2.11. The largest absolute Gasteiger partial charge is 0.478 e. The molecule has 1 aromatic heterocycles. The highest BCUT2D eigenvalue weighted by Gasteiger charge is 2.13. The number of rotatable bonds is 7. The number of aromatic nitrogens is 1. The van der Waals surface area contributed by atoms with Crippen molar-refractivity contribution in [1.29, 1.82) is 0 Å². The SMILES string of the molecule is CCc1ccc(C(=O)O)cc1SNc1cc(C(N)=O)ccc1-c1ccccn1. The summed E-state index contributed by atoms with van der Waals surface area (Å²) >= 11 is 1.29. The standard InChI is InChI=1S/C21H19N3O3S/c1-2-13-6-7-15(21(26)27)12-19(13)28-24-18-11-14(20(22)25)8-9-16(18)17-5-3-4-10-23-17/h3-12,24H,2H2,1H3,(H2,22,25)(H,26,27). The highest BCUT2D eigenvalue weighted by Crippen LogP contribution is 2.33. The first-order chi connectivity index (χ1) is 13.5. The van der Waals surface area contributed by atoms with E-state index >= 15 is 0 Å². The van der Waals surface area contributed by atoms with Crippen LogP contribution in [0, 0.1) is 0 Å². The number of carbonyl (C=O) groups is 2. The Hall–Kier alpha value is -3.32. The van der Waals surface area contributed by atoms with Gasteiger partial charge >= 0.3 is 5.97 Å². The first-order valence-electron chi connectivity index (χ1n) is 8.64. The zero-order valence-corrected chi connectivity index (χ0v) is 16.0. The van der Waals surface area contributed by atoms with Gasteiger partial charge in [0, 0.05) is 22.2 Å². The average Bonchev–Trinajstić information content (AvgIpc) is 2.72. The third-order valence-electron chi connectivity index (χ3n) is 4.21. The van der Waals surface area contributed by atoms with Gasteiger partial charge in [-0.15, -0.1) is 0 Å². The number of hydrogen-bond acceptors (Lipinski definition) is 5. The Bertz CT molecular complexity index is 1020. The summed E-state index contributed by atoms with van der Waals surface area (Å²) in [5.41, 5.74) is 9.26. The van der Waals surface area contributed by atoms with Gasteiger partial charge in [-0.25, -0.2) is 4.79 Å². The minimum Gasteiger partial charge on any atom is -0.478 e. The van der Waals surface area contributed by atoms with E-state index < -0.39 is 11.9 Å². The lowest BCUT2D eigenvalue weighted by atomic mass is 10.1. The van der Waals surface area contributed by atoms with Gasteiger partial charge in [0.2, 0.25) is 5.91 Å². The average molecular weight is 393 g/mol. The second kappa shape index (κ2) is 8.58. The van der Waals surface area contributed by atoms with Crippen LogP contribution in [0.4, 0.5) is 5.69 Å². The number of aryl methyl sites for hydroxylation is 1. The molecule has 0 aliphatic rings. The number of hydrogen-bond donors (Lipinski definition) is 3. The van der Waals surface area contributed by atoms with Gasteiger partial charge in [0.15, 0.2) is 0 Å². The molecule has 0 aliphatic heterocycles. The summed E-state index contributed by atoms with van der Waals surface area (Å²) in [4.78, 5) is 28.1. The predicted octanol–water partition coefficient (Wildman–Crippen LogP) is 4.23. The number of carboxylic acid groups (broad SMARTS) is 1. The quantitative estimate of drug-likeness (QED) is 0.519. The molecule has 0 atom stereocenters. The van der Waals surface area contributed by atoms with E-state index in [1.165, 1.54) is 11.9 Å². The van der Waals surface area contributed by atoms with E-state index in [2.05, 4.69) is 9.71 Å². The van der Waals surface area contributed by atoms with Crippen molar-refractivity contribution in [3.05, 3.63) is 77.5 Å². The fourth-order valence-corrected chi connectivity index (χ4v) is 3.63. The molecule has 0 unspecified atom stereocenters. The molecule has 0 fully saturated rings. The van der Waals surface area contributed by atoms with Gasteiger partial charge in [-0.2, -0.15) is 0 Å². The van der Waals surface area contributed by atoms with Gasteiger partial charge in [-0.3, -0.25) is 9.78 Å². The van der Waals surface area contributed by atoms with E-state index in [9.17, 15) is 14.7 Å². The second-order valence-electron chi connectivity index (χ2n) is 6.02. The minimum atomic E-state index is -0.977. The summed E-state index contributed by atoms with van der Waals surface area (Å²) in [5.74, 6) is -1.50. The van der Waals surface area contributed by atoms with Crippen LogP contribution < -0.4 is 10.5 Å². The van der Waals surface area contributed by atoms with E-state index in [1.807, 2.05) is 31.2 Å². The minimum absolute atomic E-state index is 0.220. The highest BCUT2D eigenvalue weighted by molar-refractivity contribution is 8.00. The molecule has 4 N–H and O–H groups in total. The molecule has 3 aromatic rings. The summed E-state index contributed by atoms with van der Waals surface area (Å²) in [6.07, 6.45) is 2.46. The Kier molecular flexibility index (Phi) is 5.96. The van der Waals surface area contributed by atoms with Gasteiger partial charge < -0.3 is 15.6 Å². The Balaban J connectivity index is 1.97. The monoisotopic (exact) mass is 393 g/mol. The number of primary amides is 1. The third kappa shape index (κ3) is 4.32. The van der Waals surface area contributed by atoms with Crippen LogP contribution in [0.25, 0.3) is 11.3 Å². The fourth-order valence-electron chi connectivity index (χ4n) is 2.71. The molecule has 28 heavy (non-hydrogen) atoms. The van der Waals surface area contributed by atoms with Gasteiger partial charge in [-0.05, 0) is 66.4 Å². The van der Waals surface area contributed by atoms with Crippen molar-refractivity contribution in [3.63, 3.8) is 0 Å². The molecule has 1 heterocycles. The van der Waals surface area contributed by atoms with Crippen LogP contribution >= 0.6 is 11.9 Å². The number of nitrogens with two attached hydrogens (primary N) is 1. The van der Waals surface area contributed by atoms with Crippen LogP contribution in [0.15, 0.2) is 65.7 Å². The van der Waals surface area contributed by atoms with Crippen LogP contribution in [0.2, 0.25) is 0 Å². The molecular formula is C21H19N3O3S. The maximum Gasteiger partial charge on any atom is 0.335 e. The third-order valence-corrected chi connectivity index (χ3v) is 5.13. The molecule has 0 bridgehead atoms. The molecule has 0 aliphatic carbocycles. The zero-order valence-electron chi connectivity index (χ0n) is 15.2. The number of anilines is 1. The number of benzene rings is 2. The molecule has 6 nitrogen and oxygen atoms in total. The first kappa shape index (κ1) is 19.4. The Morgan fingerprint density at radius 1 is 1.11 bits per heavy atom. The van der Waals surface area contributed by atoms with Gasteiger partial charge in [-0.1, -0.05) is 19.1 Å². The molecule has 3 rings (SSSR count). The van der Waals surface area contributed by atoms with E-state index in [0.29, 0.717) is 11.3 Å². The van der Waals surface area contributed by atoms with Crippen molar-refractivity contribution in [1.82, 2.24) is 4.98 Å². The van der Waals surface area contributed by atoms with E-state index in [0.717, 1.165) is 28.1 Å². The van der Waals surface area contributed by atoms with Crippen LogP contribution in [0.3, 0.4) is 0 Å². The molecule has 0 saturated carbocycles. The van der Waals surface area contributed by atoms with Gasteiger partial charge in [0.05, 0.1) is 16.9 Å². The summed E-state index contributed by atoms with van der Waals surface area (Å²) in [5, 5.41) is 9.26. The topological polar surface area (TPSA) is 105 Å². The van der Waals surface area contributed by atoms with Crippen LogP contribution in [0.1, 0.15) is 33.2 Å². The number of carboxylic acids is 1. The van der Waals surface area contributed by atoms with E-state index in [-0.39, 0.29) is 5.56 Å². The number of nitrogens with one attached hydrogen (secondary N) is 1. The first-order valence-corrected chi connectivity index (χ1v) is 9.45. The van der Waals surface area contributed by atoms with E-state index in [1.54, 1.807) is 36.5 Å². The molecule has 0 radical (unpaired) electrons. The van der Waals surface area contributed by atoms with Crippen LogP contribution in [-0.2, 0) is 6.42 Å². The van der Waals surface area contributed by atoms with Gasteiger partial charge in [0.25, 0.3) is 0 Å². The molecule has 142 valence electrons.